The average molecular weight is 311 g/mol. The number of rotatable bonds is 3. The second-order valence-electron chi connectivity index (χ2n) is 5.11. The summed E-state index contributed by atoms with van der Waals surface area (Å²) in [7, 11) is 1.53. The van der Waals surface area contributed by atoms with E-state index in [0.29, 0.717) is 29.4 Å². The summed E-state index contributed by atoms with van der Waals surface area (Å²) in [5.41, 5.74) is 0.475. The van der Waals surface area contributed by atoms with E-state index in [1.54, 1.807) is 23.1 Å². The first-order chi connectivity index (χ1) is 10.0. The number of carbonyl (C=O) groups excluding carboxylic acids is 2. The van der Waals surface area contributed by atoms with E-state index in [1.807, 2.05) is 0 Å². The molecule has 1 saturated heterocycles. The highest BCUT2D eigenvalue weighted by Gasteiger charge is 2.25. The molecule has 1 aliphatic rings. The van der Waals surface area contributed by atoms with E-state index in [-0.39, 0.29) is 17.9 Å². The number of ether oxygens (including phenoxy) is 1. The highest BCUT2D eigenvalue weighted by atomic mass is 35.5. The first-order valence-electron chi connectivity index (χ1n) is 6.91. The van der Waals surface area contributed by atoms with Crippen molar-refractivity contribution < 1.29 is 14.3 Å². The summed E-state index contributed by atoms with van der Waals surface area (Å²) in [4.78, 5) is 25.4. The SMILES string of the molecule is COc1ccc(Cl)cc1C(=O)N1CCC(NC(C)=O)CC1. The molecule has 21 heavy (non-hydrogen) atoms. The van der Waals surface area contributed by atoms with Crippen LogP contribution in [0, 0.1) is 0 Å². The van der Waals surface area contributed by atoms with Gasteiger partial charge in [-0.1, -0.05) is 11.6 Å². The maximum atomic E-state index is 12.6. The molecule has 2 amide bonds. The van der Waals surface area contributed by atoms with Crippen LogP contribution in [-0.2, 0) is 4.79 Å². The number of hydrogen-bond donors (Lipinski definition) is 1. The van der Waals surface area contributed by atoms with Gasteiger partial charge in [0, 0.05) is 31.1 Å². The summed E-state index contributed by atoms with van der Waals surface area (Å²) >= 11 is 5.96. The van der Waals surface area contributed by atoms with E-state index < -0.39 is 0 Å². The Labute approximate surface area is 129 Å². The Kier molecular flexibility index (Phi) is 5.07. The normalized spacial score (nSPS) is 15.7. The summed E-state index contributed by atoms with van der Waals surface area (Å²) in [6.07, 6.45) is 1.52. The maximum absolute atomic E-state index is 12.6. The zero-order chi connectivity index (χ0) is 15.4. The Morgan fingerprint density at radius 3 is 2.57 bits per heavy atom. The van der Waals surface area contributed by atoms with Gasteiger partial charge in [-0.2, -0.15) is 0 Å². The number of nitrogens with one attached hydrogen (secondary N) is 1. The first-order valence-corrected chi connectivity index (χ1v) is 7.29. The molecule has 1 fully saturated rings. The summed E-state index contributed by atoms with van der Waals surface area (Å²) in [5, 5.41) is 3.40. The van der Waals surface area contributed by atoms with Crippen LogP contribution in [0.1, 0.15) is 30.1 Å². The van der Waals surface area contributed by atoms with Crippen LogP contribution >= 0.6 is 11.6 Å². The van der Waals surface area contributed by atoms with E-state index >= 15 is 0 Å². The van der Waals surface area contributed by atoms with Crippen LogP contribution in [0.5, 0.6) is 5.75 Å². The van der Waals surface area contributed by atoms with E-state index in [2.05, 4.69) is 5.32 Å². The van der Waals surface area contributed by atoms with Crippen LogP contribution in [0.4, 0.5) is 0 Å². The minimum absolute atomic E-state index is 0.0312. The first kappa shape index (κ1) is 15.6. The molecule has 1 heterocycles. The van der Waals surface area contributed by atoms with Gasteiger partial charge in [0.1, 0.15) is 5.75 Å². The number of carbonyl (C=O) groups is 2. The third-order valence-corrected chi connectivity index (χ3v) is 3.82. The number of halogens is 1. The van der Waals surface area contributed by atoms with Gasteiger partial charge in [-0.3, -0.25) is 9.59 Å². The highest BCUT2D eigenvalue weighted by molar-refractivity contribution is 6.31. The Hall–Kier alpha value is -1.75. The number of methoxy groups -OCH3 is 1. The van der Waals surface area contributed by atoms with Crippen molar-refractivity contribution >= 4 is 23.4 Å². The quantitative estimate of drug-likeness (QED) is 0.930. The standard InChI is InChI=1S/C15H19ClN2O3/c1-10(19)17-12-5-7-18(8-6-12)15(20)13-9-11(16)3-4-14(13)21-2/h3-4,9,12H,5-8H2,1-2H3,(H,17,19). The lowest BCUT2D eigenvalue weighted by Crippen LogP contribution is -2.46. The molecule has 0 spiro atoms. The molecule has 5 nitrogen and oxygen atoms in total. The fraction of sp³-hybridized carbons (Fsp3) is 0.467. The van der Waals surface area contributed by atoms with Gasteiger partial charge in [0.25, 0.3) is 5.91 Å². The summed E-state index contributed by atoms with van der Waals surface area (Å²) in [5.74, 6) is 0.403. The number of hydrogen-bond acceptors (Lipinski definition) is 3. The molecule has 0 unspecified atom stereocenters. The van der Waals surface area contributed by atoms with Crippen LogP contribution in [0.2, 0.25) is 5.02 Å². The van der Waals surface area contributed by atoms with Gasteiger partial charge in [0.2, 0.25) is 5.91 Å². The topological polar surface area (TPSA) is 58.6 Å². The fourth-order valence-corrected chi connectivity index (χ4v) is 2.70. The van der Waals surface area contributed by atoms with Crippen molar-refractivity contribution in [1.29, 1.82) is 0 Å². The molecule has 2 rings (SSSR count). The molecule has 114 valence electrons. The minimum atomic E-state index is -0.0874. The van der Waals surface area contributed by atoms with Crippen LogP contribution in [-0.4, -0.2) is 43.0 Å². The Morgan fingerprint density at radius 1 is 1.33 bits per heavy atom. The lowest BCUT2D eigenvalue weighted by Gasteiger charge is -2.32. The van der Waals surface area contributed by atoms with Crippen molar-refractivity contribution in [3.8, 4) is 5.75 Å². The van der Waals surface area contributed by atoms with Gasteiger partial charge >= 0.3 is 0 Å². The molecule has 0 bridgehead atoms. The second-order valence-corrected chi connectivity index (χ2v) is 5.55. The van der Waals surface area contributed by atoms with Crippen molar-refractivity contribution in [3.05, 3.63) is 28.8 Å². The molecule has 1 aliphatic heterocycles. The summed E-state index contributed by atoms with van der Waals surface area (Å²) in [6.45, 7) is 2.73. The Bertz CT molecular complexity index is 540. The lowest BCUT2D eigenvalue weighted by molar-refractivity contribution is -0.119. The molecule has 0 radical (unpaired) electrons. The minimum Gasteiger partial charge on any atom is -0.496 e. The number of amides is 2. The van der Waals surface area contributed by atoms with Crippen LogP contribution in [0.15, 0.2) is 18.2 Å². The maximum Gasteiger partial charge on any atom is 0.257 e. The molecule has 6 heteroatoms. The number of benzene rings is 1. The third kappa shape index (κ3) is 3.88. The molecule has 0 aliphatic carbocycles. The molecule has 0 atom stereocenters. The van der Waals surface area contributed by atoms with Crippen molar-refractivity contribution in [3.63, 3.8) is 0 Å². The molecule has 1 N–H and O–H groups in total. The number of nitrogens with zero attached hydrogens (tertiary/aromatic N) is 1. The van der Waals surface area contributed by atoms with E-state index in [4.69, 9.17) is 16.3 Å². The molecule has 1 aromatic carbocycles. The molecular weight excluding hydrogens is 292 g/mol. The van der Waals surface area contributed by atoms with E-state index in [0.717, 1.165) is 12.8 Å². The van der Waals surface area contributed by atoms with Gasteiger partial charge in [0.15, 0.2) is 0 Å². The zero-order valence-corrected chi connectivity index (χ0v) is 12.9. The van der Waals surface area contributed by atoms with Crippen molar-refractivity contribution in [2.75, 3.05) is 20.2 Å². The third-order valence-electron chi connectivity index (χ3n) is 3.58. The Balaban J connectivity index is 2.05. The smallest absolute Gasteiger partial charge is 0.257 e. The van der Waals surface area contributed by atoms with Crippen LogP contribution in [0.25, 0.3) is 0 Å². The monoisotopic (exact) mass is 310 g/mol. The largest absolute Gasteiger partial charge is 0.496 e. The molecule has 0 aromatic heterocycles. The average Bonchev–Trinajstić information content (AvgIpc) is 2.46. The molecule has 0 saturated carbocycles. The van der Waals surface area contributed by atoms with Gasteiger partial charge in [-0.25, -0.2) is 0 Å². The zero-order valence-electron chi connectivity index (χ0n) is 12.2. The van der Waals surface area contributed by atoms with Crippen LogP contribution in [0.3, 0.4) is 0 Å². The van der Waals surface area contributed by atoms with E-state index in [9.17, 15) is 9.59 Å². The second kappa shape index (κ2) is 6.80. The van der Waals surface area contributed by atoms with Gasteiger partial charge in [-0.05, 0) is 31.0 Å². The molecule has 1 aromatic rings. The number of piperidine rings is 1. The van der Waals surface area contributed by atoms with Gasteiger partial charge in [0.05, 0.1) is 12.7 Å². The fourth-order valence-electron chi connectivity index (χ4n) is 2.53. The van der Waals surface area contributed by atoms with Crippen LogP contribution < -0.4 is 10.1 Å². The predicted octanol–water partition coefficient (Wildman–Crippen LogP) is 2.09. The van der Waals surface area contributed by atoms with Crippen molar-refractivity contribution in [2.24, 2.45) is 0 Å². The summed E-state index contributed by atoms with van der Waals surface area (Å²) in [6, 6.07) is 5.16. The lowest BCUT2D eigenvalue weighted by atomic mass is 10.0. The Morgan fingerprint density at radius 2 is 2.00 bits per heavy atom. The van der Waals surface area contributed by atoms with Gasteiger partial charge < -0.3 is 15.0 Å². The van der Waals surface area contributed by atoms with E-state index in [1.165, 1.54) is 14.0 Å². The van der Waals surface area contributed by atoms with Crippen molar-refractivity contribution in [1.82, 2.24) is 10.2 Å². The summed E-state index contributed by atoms with van der Waals surface area (Å²) < 4.78 is 5.22. The predicted molar refractivity (Wildman–Crippen MR) is 80.7 cm³/mol. The number of likely N-dealkylation sites (tertiary alicyclic amines) is 1. The van der Waals surface area contributed by atoms with Crippen molar-refractivity contribution in [2.45, 2.75) is 25.8 Å². The highest BCUT2D eigenvalue weighted by Crippen LogP contribution is 2.25. The van der Waals surface area contributed by atoms with Gasteiger partial charge in [-0.15, -0.1) is 0 Å². The molecular formula is C15H19ClN2O3.